The van der Waals surface area contributed by atoms with E-state index >= 15 is 0 Å². The van der Waals surface area contributed by atoms with Crippen molar-refractivity contribution < 1.29 is 9.53 Å². The zero-order valence-corrected chi connectivity index (χ0v) is 24.6. The Morgan fingerprint density at radius 1 is 1.10 bits per heavy atom. The van der Waals surface area contributed by atoms with Crippen LogP contribution >= 0.6 is 12.8 Å². The Labute approximate surface area is 237 Å². The molecule has 1 fully saturated rings. The summed E-state index contributed by atoms with van der Waals surface area (Å²) >= 11 is 4.52. The lowest BCUT2D eigenvalue weighted by Crippen LogP contribution is -2.62. The third-order valence-corrected chi connectivity index (χ3v) is 9.23. The van der Waals surface area contributed by atoms with Gasteiger partial charge in [0.05, 0.1) is 23.5 Å². The second-order valence-corrected chi connectivity index (χ2v) is 12.7. The fourth-order valence-electron chi connectivity index (χ4n) is 6.95. The first-order valence-corrected chi connectivity index (χ1v) is 14.8. The number of hydrogen-bond acceptors (Lipinski definition) is 5. The quantitative estimate of drug-likeness (QED) is 0.300. The molecule has 2 atom stereocenters. The number of fused-ring (bicyclic) bond motifs is 4. The highest BCUT2D eigenvalue weighted by Gasteiger charge is 2.35. The maximum absolute atomic E-state index is 13.4. The van der Waals surface area contributed by atoms with Crippen LogP contribution in [-0.2, 0) is 6.54 Å². The van der Waals surface area contributed by atoms with Crippen LogP contribution in [0.1, 0.15) is 69.9 Å². The number of urea groups is 1. The van der Waals surface area contributed by atoms with E-state index in [0.29, 0.717) is 12.5 Å². The third-order valence-electron chi connectivity index (χ3n) is 8.96. The van der Waals surface area contributed by atoms with E-state index in [4.69, 9.17) is 4.74 Å². The molecule has 7 nitrogen and oxygen atoms in total. The molecule has 3 aromatic rings. The number of aromatic nitrogens is 1. The van der Waals surface area contributed by atoms with Crippen LogP contribution in [0.2, 0.25) is 0 Å². The number of hydrazine groups is 1. The molecule has 4 bridgehead atoms. The Kier molecular flexibility index (Phi) is 6.84. The van der Waals surface area contributed by atoms with Gasteiger partial charge >= 0.3 is 6.03 Å². The predicted octanol–water partition coefficient (Wildman–Crippen LogP) is 6.61. The van der Waals surface area contributed by atoms with Gasteiger partial charge in [0, 0.05) is 42.2 Å². The van der Waals surface area contributed by atoms with Crippen molar-refractivity contribution >= 4 is 35.4 Å². The highest BCUT2D eigenvalue weighted by atomic mass is 32.1. The first kappa shape index (κ1) is 26.5. The lowest BCUT2D eigenvalue weighted by molar-refractivity contribution is 0.138. The topological polar surface area (TPSA) is 61.8 Å². The smallest absolute Gasteiger partial charge is 0.348 e. The molecule has 2 aromatic carbocycles. The van der Waals surface area contributed by atoms with Crippen LogP contribution in [0.3, 0.4) is 0 Å². The van der Waals surface area contributed by atoms with Crippen molar-refractivity contribution in [2.45, 2.75) is 84.0 Å². The number of rotatable bonds is 1. The van der Waals surface area contributed by atoms with Gasteiger partial charge in [0.25, 0.3) is 0 Å². The van der Waals surface area contributed by atoms with E-state index in [1.165, 1.54) is 64.2 Å². The average Bonchev–Trinajstić information content (AvgIpc) is 3.21. The second kappa shape index (κ2) is 10.1. The van der Waals surface area contributed by atoms with Crippen LogP contribution in [0.25, 0.3) is 22.2 Å². The van der Waals surface area contributed by atoms with Gasteiger partial charge in [0.15, 0.2) is 0 Å². The molecule has 1 aliphatic carbocycles. The largest absolute Gasteiger partial charge is 0.492 e. The van der Waals surface area contributed by atoms with Gasteiger partial charge in [-0.3, -0.25) is 10.2 Å². The fraction of sp³-hybridized carbons (Fsp3) is 0.516. The number of anilines is 1. The van der Waals surface area contributed by atoms with Crippen LogP contribution in [0.4, 0.5) is 10.5 Å². The van der Waals surface area contributed by atoms with E-state index in [9.17, 15) is 4.79 Å². The first-order valence-electron chi connectivity index (χ1n) is 14.4. The van der Waals surface area contributed by atoms with Gasteiger partial charge in [0.2, 0.25) is 0 Å². The summed E-state index contributed by atoms with van der Waals surface area (Å²) in [4.78, 5) is 15.1. The summed E-state index contributed by atoms with van der Waals surface area (Å²) in [5.74, 6) is 1.70. The van der Waals surface area contributed by atoms with Crippen LogP contribution in [0.15, 0.2) is 36.4 Å². The summed E-state index contributed by atoms with van der Waals surface area (Å²) in [6.45, 7) is 9.85. The molecule has 2 N–H and O–H groups in total. The molecule has 3 heterocycles. The number of amides is 2. The number of hydrogen-bond donors (Lipinski definition) is 3. The number of benzene rings is 2. The fourth-order valence-corrected chi connectivity index (χ4v) is 7.34. The Morgan fingerprint density at radius 2 is 1.87 bits per heavy atom. The van der Waals surface area contributed by atoms with Crippen molar-refractivity contribution in [3.05, 3.63) is 47.5 Å². The molecule has 6 rings (SSSR count). The van der Waals surface area contributed by atoms with E-state index in [1.807, 2.05) is 20.9 Å². The van der Waals surface area contributed by atoms with Crippen molar-refractivity contribution in [3.63, 3.8) is 0 Å². The molecule has 208 valence electrons. The number of ether oxygens (including phenoxy) is 1. The zero-order valence-electron chi connectivity index (χ0n) is 23.8. The first-order chi connectivity index (χ1) is 18.6. The molecule has 2 amide bonds. The molecule has 0 saturated heterocycles. The van der Waals surface area contributed by atoms with E-state index in [2.05, 4.69) is 78.4 Å². The normalized spacial score (nSPS) is 24.0. The number of carbonyl (C=O) groups is 1. The summed E-state index contributed by atoms with van der Waals surface area (Å²) in [6.07, 6.45) is 6.28. The molecule has 1 aromatic heterocycles. The standard InChI is InChI=1S/C31H41N5O2S/c1-19-10-9-13-25-28-27(21-11-7-6-8-12-21)24-15-14-23-16-26(24)35(28)17-22(18-38-29(19)25)20(2)32-31(3,4)33-36(39)30(37)34(23)5/h9-10,13-16,20-22,32-33,39H,6-8,11-12,17-18H2,1-5H3/t20?,22-/m0/s1. The molecular weight excluding hydrogens is 506 g/mol. The number of nitrogens with zero attached hydrogens (tertiary/aromatic N) is 3. The number of nitrogens with one attached hydrogen (secondary N) is 2. The Balaban J connectivity index is 1.65. The molecule has 1 unspecified atom stereocenters. The van der Waals surface area contributed by atoms with Crippen molar-refractivity contribution in [1.82, 2.24) is 19.7 Å². The number of aryl methyl sites for hydroxylation is 1. The van der Waals surface area contributed by atoms with E-state index in [0.717, 1.165) is 23.5 Å². The van der Waals surface area contributed by atoms with Crippen LogP contribution < -0.4 is 20.4 Å². The van der Waals surface area contributed by atoms with E-state index in [-0.39, 0.29) is 18.0 Å². The lowest BCUT2D eigenvalue weighted by Gasteiger charge is -2.38. The average molecular weight is 548 g/mol. The number of thiol groups is 1. The molecule has 2 aliphatic heterocycles. The summed E-state index contributed by atoms with van der Waals surface area (Å²) in [5, 5.41) is 5.02. The van der Waals surface area contributed by atoms with Gasteiger partial charge in [-0.25, -0.2) is 14.6 Å². The monoisotopic (exact) mass is 547 g/mol. The molecule has 0 spiro atoms. The molecule has 3 aliphatic rings. The van der Waals surface area contributed by atoms with Gasteiger partial charge in [0.1, 0.15) is 5.75 Å². The van der Waals surface area contributed by atoms with Gasteiger partial charge < -0.3 is 9.30 Å². The lowest BCUT2D eigenvalue weighted by atomic mass is 9.81. The van der Waals surface area contributed by atoms with Gasteiger partial charge in [-0.05, 0) is 88.6 Å². The SMILES string of the molecule is Cc1cccc2c1OC[C@@H]1Cn3c-2c(C2CCCCC2)c2ccc(cc23)N(C)C(=O)N(S)NC(C)(C)NC1C. The van der Waals surface area contributed by atoms with Crippen molar-refractivity contribution in [1.29, 1.82) is 0 Å². The molecule has 8 heteroatoms. The molecular formula is C31H41N5O2S. The van der Waals surface area contributed by atoms with Gasteiger partial charge in [-0.2, -0.15) is 0 Å². The minimum Gasteiger partial charge on any atom is -0.492 e. The van der Waals surface area contributed by atoms with Crippen molar-refractivity contribution in [2.24, 2.45) is 5.92 Å². The second-order valence-electron chi connectivity index (χ2n) is 12.3. The van der Waals surface area contributed by atoms with Crippen molar-refractivity contribution in [2.75, 3.05) is 18.6 Å². The zero-order chi connectivity index (χ0) is 27.5. The van der Waals surface area contributed by atoms with Gasteiger partial charge in [-0.1, -0.05) is 37.5 Å². The Morgan fingerprint density at radius 3 is 2.64 bits per heavy atom. The van der Waals surface area contributed by atoms with Crippen LogP contribution in [0, 0.1) is 12.8 Å². The summed E-state index contributed by atoms with van der Waals surface area (Å²) in [7, 11) is 1.81. The third kappa shape index (κ3) is 4.70. The molecule has 0 radical (unpaired) electrons. The highest BCUT2D eigenvalue weighted by Crippen LogP contribution is 2.48. The predicted molar refractivity (Wildman–Crippen MR) is 161 cm³/mol. The minimum atomic E-state index is -0.581. The number of carbonyl (C=O) groups excluding carboxylic acids is 1. The highest BCUT2D eigenvalue weighted by molar-refractivity contribution is 7.78. The van der Waals surface area contributed by atoms with E-state index in [1.54, 1.807) is 4.90 Å². The maximum atomic E-state index is 13.4. The van der Waals surface area contributed by atoms with Gasteiger partial charge in [-0.15, -0.1) is 0 Å². The summed E-state index contributed by atoms with van der Waals surface area (Å²) in [5.41, 5.74) is 9.79. The maximum Gasteiger partial charge on any atom is 0.348 e. The van der Waals surface area contributed by atoms with E-state index < -0.39 is 5.66 Å². The summed E-state index contributed by atoms with van der Waals surface area (Å²) in [6, 6.07) is 12.9. The van der Waals surface area contributed by atoms with Crippen LogP contribution in [0.5, 0.6) is 5.75 Å². The Bertz CT molecular complexity index is 1410. The summed E-state index contributed by atoms with van der Waals surface area (Å²) < 4.78 is 10.5. The molecule has 39 heavy (non-hydrogen) atoms. The number of para-hydroxylation sites is 1. The van der Waals surface area contributed by atoms with Crippen LogP contribution in [-0.4, -0.2) is 40.4 Å². The van der Waals surface area contributed by atoms with Crippen molar-refractivity contribution in [3.8, 4) is 17.0 Å². The minimum absolute atomic E-state index is 0.0972. The molecule has 1 saturated carbocycles. The Hall–Kier alpha value is -2.68.